The molecule has 0 N–H and O–H groups in total. The highest BCUT2D eigenvalue weighted by molar-refractivity contribution is 9.09. The molecule has 25 heavy (non-hydrogen) atoms. The first-order valence-corrected chi connectivity index (χ1v) is 7.87. The van der Waals surface area contributed by atoms with Crippen molar-refractivity contribution in [3.8, 4) is 0 Å². The van der Waals surface area contributed by atoms with Gasteiger partial charge >= 0.3 is 4.83 Å². The monoisotopic (exact) mass is 423 g/mol. The van der Waals surface area contributed by atoms with Crippen LogP contribution in [0.2, 0.25) is 0 Å². The predicted molar refractivity (Wildman–Crippen MR) is 87.7 cm³/mol. The van der Waals surface area contributed by atoms with E-state index in [9.17, 15) is 17.6 Å². The van der Waals surface area contributed by atoms with Gasteiger partial charge in [-0.15, -0.1) is 10.2 Å². The molecule has 0 aliphatic carbocycles. The van der Waals surface area contributed by atoms with Gasteiger partial charge in [0, 0.05) is 6.21 Å². The number of fused-ring (bicyclic) bond motifs is 1. The van der Waals surface area contributed by atoms with Gasteiger partial charge in [0.1, 0.15) is 0 Å². The summed E-state index contributed by atoms with van der Waals surface area (Å²) in [7, 11) is 0. The lowest BCUT2D eigenvalue weighted by Crippen LogP contribution is -2.26. The van der Waals surface area contributed by atoms with Crippen LogP contribution in [0.15, 0.2) is 34.6 Å². The Morgan fingerprint density at radius 3 is 2.84 bits per heavy atom. The van der Waals surface area contributed by atoms with Crippen molar-refractivity contribution in [2.45, 2.75) is 30.3 Å². The van der Waals surface area contributed by atoms with E-state index in [2.05, 4.69) is 42.7 Å². The second-order valence-electron chi connectivity index (χ2n) is 4.99. The van der Waals surface area contributed by atoms with Gasteiger partial charge < -0.3 is 4.74 Å². The van der Waals surface area contributed by atoms with Crippen molar-refractivity contribution in [2.24, 2.45) is 9.98 Å². The maximum absolute atomic E-state index is 13.6. The fourth-order valence-corrected chi connectivity index (χ4v) is 2.23. The Balaban J connectivity index is 2.27. The van der Waals surface area contributed by atoms with Gasteiger partial charge in [0.05, 0.1) is 18.8 Å². The minimum atomic E-state index is -3.39. The maximum Gasteiger partial charge on any atom is 0.360 e. The Morgan fingerprint density at radius 2 is 2.24 bits per heavy atom. The number of ether oxygens (including phenoxy) is 1. The third-order valence-electron chi connectivity index (χ3n) is 3.10. The average Bonchev–Trinajstić information content (AvgIpc) is 2.97. The number of alkyl halides is 5. The highest BCUT2D eigenvalue weighted by Gasteiger charge is 2.37. The van der Waals surface area contributed by atoms with Crippen LogP contribution in [-0.4, -0.2) is 46.3 Å². The number of hydrogen-bond donors (Lipinski definition) is 0. The molecule has 2 atom stereocenters. The molecule has 1 aliphatic rings. The van der Waals surface area contributed by atoms with E-state index in [-0.39, 0.29) is 18.3 Å². The van der Waals surface area contributed by atoms with Crippen molar-refractivity contribution in [1.29, 1.82) is 0 Å². The number of aromatic nitrogens is 3. The summed E-state index contributed by atoms with van der Waals surface area (Å²) in [6, 6.07) is -0.730. The zero-order chi connectivity index (χ0) is 18.6. The molecule has 0 saturated heterocycles. The SMILES string of the molecule is C=C/C=C(\N=C[C@H]1CN=Cc2nnc(C(F)(F)Br)n21)OC(C)C(F)F. The summed E-state index contributed by atoms with van der Waals surface area (Å²) in [6.07, 6.45) is 1.08. The molecule has 2 rings (SSSR count). The molecule has 2 heterocycles. The first-order chi connectivity index (χ1) is 11.7. The first-order valence-electron chi connectivity index (χ1n) is 7.07. The van der Waals surface area contributed by atoms with E-state index in [4.69, 9.17) is 4.74 Å². The Morgan fingerprint density at radius 1 is 1.52 bits per heavy atom. The summed E-state index contributed by atoms with van der Waals surface area (Å²) in [5.74, 6) is -0.603. The summed E-state index contributed by atoms with van der Waals surface area (Å²) < 4.78 is 58.6. The van der Waals surface area contributed by atoms with Crippen molar-refractivity contribution in [3.05, 3.63) is 36.3 Å². The number of nitrogens with zero attached hydrogens (tertiary/aromatic N) is 5. The van der Waals surface area contributed by atoms with Crippen LogP contribution in [0, 0.1) is 0 Å². The van der Waals surface area contributed by atoms with Gasteiger partial charge in [-0.25, -0.2) is 13.8 Å². The Bertz CT molecular complexity index is 711. The number of rotatable bonds is 7. The normalized spacial score (nSPS) is 19.3. The minimum Gasteiger partial charge on any atom is -0.469 e. The quantitative estimate of drug-likeness (QED) is 0.222. The Kier molecular flexibility index (Phi) is 6.09. The molecule has 136 valence electrons. The Hall–Kier alpha value is -2.04. The summed E-state index contributed by atoms with van der Waals surface area (Å²) in [6.45, 7) is 4.74. The third kappa shape index (κ3) is 4.74. The van der Waals surface area contributed by atoms with E-state index < -0.39 is 29.2 Å². The number of allylic oxidation sites excluding steroid dienone is 2. The van der Waals surface area contributed by atoms with Crippen molar-refractivity contribution in [3.63, 3.8) is 0 Å². The summed E-state index contributed by atoms with van der Waals surface area (Å²) in [4.78, 5) is 4.58. The van der Waals surface area contributed by atoms with Crippen LogP contribution >= 0.6 is 15.9 Å². The molecule has 1 aromatic rings. The molecule has 0 aromatic carbocycles. The average molecular weight is 424 g/mol. The third-order valence-corrected chi connectivity index (χ3v) is 3.46. The van der Waals surface area contributed by atoms with Gasteiger partial charge in [0.2, 0.25) is 11.7 Å². The van der Waals surface area contributed by atoms with Crippen LogP contribution in [0.1, 0.15) is 24.6 Å². The first kappa shape index (κ1) is 19.3. The molecule has 0 saturated carbocycles. The smallest absolute Gasteiger partial charge is 0.360 e. The van der Waals surface area contributed by atoms with E-state index in [0.29, 0.717) is 0 Å². The molecule has 0 spiro atoms. The van der Waals surface area contributed by atoms with Crippen LogP contribution in [0.5, 0.6) is 0 Å². The number of halogens is 5. The lowest BCUT2D eigenvalue weighted by atomic mass is 10.2. The van der Waals surface area contributed by atoms with Gasteiger partial charge in [-0.3, -0.25) is 9.56 Å². The second kappa shape index (κ2) is 7.89. The molecule has 0 radical (unpaired) electrons. The van der Waals surface area contributed by atoms with Crippen molar-refractivity contribution in [1.82, 2.24) is 14.8 Å². The summed E-state index contributed by atoms with van der Waals surface area (Å²) in [5, 5.41) is 7.10. The highest BCUT2D eigenvalue weighted by atomic mass is 79.9. The van der Waals surface area contributed by atoms with E-state index in [1.165, 1.54) is 31.5 Å². The molecule has 0 bridgehead atoms. The molecule has 6 nitrogen and oxygen atoms in total. The number of hydrogen-bond acceptors (Lipinski definition) is 5. The maximum atomic E-state index is 13.6. The molecule has 1 unspecified atom stereocenters. The largest absolute Gasteiger partial charge is 0.469 e. The fraction of sp³-hybridized carbons (Fsp3) is 0.429. The zero-order valence-corrected chi connectivity index (χ0v) is 14.6. The van der Waals surface area contributed by atoms with Gasteiger partial charge in [0.15, 0.2) is 11.9 Å². The summed E-state index contributed by atoms with van der Waals surface area (Å²) in [5.41, 5.74) is 0. The van der Waals surface area contributed by atoms with Gasteiger partial charge in [-0.05, 0) is 28.9 Å². The van der Waals surface area contributed by atoms with Gasteiger partial charge in [-0.2, -0.15) is 8.78 Å². The minimum absolute atomic E-state index is 0.108. The lowest BCUT2D eigenvalue weighted by Gasteiger charge is -2.20. The topological polar surface area (TPSA) is 64.7 Å². The molecule has 0 amide bonds. The molecule has 11 heteroatoms. The molecular formula is C14H14BrF4N5O. The molecule has 0 fully saturated rings. The van der Waals surface area contributed by atoms with Crippen LogP contribution in [0.3, 0.4) is 0 Å². The van der Waals surface area contributed by atoms with Crippen molar-refractivity contribution in [2.75, 3.05) is 6.54 Å². The van der Waals surface area contributed by atoms with Crippen LogP contribution < -0.4 is 0 Å². The molecular weight excluding hydrogens is 410 g/mol. The van der Waals surface area contributed by atoms with Crippen LogP contribution in [0.25, 0.3) is 0 Å². The standard InChI is InChI=1S/C14H14BrF4N5O/c1-3-4-11(25-8(2)12(16)17)21-6-9-5-20-7-10-22-23-13(24(9)10)14(15,18)19/h3-4,6-9,12H,1,5H2,2H3/b11-4+,21-6?/t8?,9-/m1/s1. The number of aliphatic imine (C=N–C) groups is 2. The van der Waals surface area contributed by atoms with Gasteiger partial charge in [0.25, 0.3) is 6.43 Å². The summed E-state index contributed by atoms with van der Waals surface area (Å²) >= 11 is 2.25. The zero-order valence-electron chi connectivity index (χ0n) is 13.0. The van der Waals surface area contributed by atoms with Crippen LogP contribution in [0.4, 0.5) is 17.6 Å². The molecule has 1 aliphatic heterocycles. The van der Waals surface area contributed by atoms with Gasteiger partial charge in [-0.1, -0.05) is 12.7 Å². The fourth-order valence-electron chi connectivity index (χ4n) is 1.96. The highest BCUT2D eigenvalue weighted by Crippen LogP contribution is 2.35. The second-order valence-corrected chi connectivity index (χ2v) is 5.98. The van der Waals surface area contributed by atoms with E-state index in [1.807, 2.05) is 0 Å². The molecule has 1 aromatic heterocycles. The van der Waals surface area contributed by atoms with Crippen molar-refractivity contribution < 1.29 is 22.3 Å². The lowest BCUT2D eigenvalue weighted by molar-refractivity contribution is -0.0146. The van der Waals surface area contributed by atoms with E-state index in [0.717, 1.165) is 4.57 Å². The van der Waals surface area contributed by atoms with Crippen LogP contribution in [-0.2, 0) is 9.57 Å². The predicted octanol–water partition coefficient (Wildman–Crippen LogP) is 3.46. The van der Waals surface area contributed by atoms with E-state index in [1.54, 1.807) is 0 Å². The Labute approximate surface area is 149 Å². The van der Waals surface area contributed by atoms with E-state index >= 15 is 0 Å². The van der Waals surface area contributed by atoms with Crippen molar-refractivity contribution >= 4 is 28.4 Å².